The van der Waals surface area contributed by atoms with E-state index in [1.165, 1.54) is 4.90 Å². The Morgan fingerprint density at radius 1 is 1.00 bits per heavy atom. The Balaban J connectivity index is 1.15. The molecule has 1 aliphatic heterocycles. The number of amides is 2. The van der Waals surface area contributed by atoms with Crippen LogP contribution in [-0.2, 0) is 24.0 Å². The first-order chi connectivity index (χ1) is 17.0. The molecule has 2 N–H and O–H groups in total. The van der Waals surface area contributed by atoms with Crippen LogP contribution in [0.2, 0.25) is 0 Å². The van der Waals surface area contributed by atoms with Gasteiger partial charge in [0.1, 0.15) is 12.2 Å². The molecule has 4 rings (SSSR count). The van der Waals surface area contributed by atoms with Gasteiger partial charge in [-0.05, 0) is 43.0 Å². The van der Waals surface area contributed by atoms with Crippen LogP contribution in [0.4, 0.5) is 9.59 Å². The van der Waals surface area contributed by atoms with E-state index in [1.54, 1.807) is 20.8 Å². The molecule has 2 aliphatic rings. The molecule has 0 bridgehead atoms. The van der Waals surface area contributed by atoms with Gasteiger partial charge in [0.05, 0.1) is 12.6 Å². The van der Waals surface area contributed by atoms with Gasteiger partial charge in [0.15, 0.2) is 0 Å². The van der Waals surface area contributed by atoms with Gasteiger partial charge in [-0.3, -0.25) is 4.18 Å². The number of hydrogen-bond acceptors (Lipinski definition) is 7. The number of nitrogens with one attached hydrogen (secondary N) is 2. The van der Waals surface area contributed by atoms with Gasteiger partial charge in [-0.15, -0.1) is 0 Å². The first-order valence-corrected chi connectivity index (χ1v) is 13.2. The second-order valence-electron chi connectivity index (χ2n) is 9.73. The molecule has 36 heavy (non-hydrogen) atoms. The number of rotatable bonds is 8. The molecule has 2 amide bonds. The van der Waals surface area contributed by atoms with Crippen LogP contribution in [0.1, 0.15) is 37.8 Å². The van der Waals surface area contributed by atoms with Gasteiger partial charge in [-0.1, -0.05) is 48.5 Å². The van der Waals surface area contributed by atoms with Gasteiger partial charge in [0.2, 0.25) is 0 Å². The molecule has 2 aromatic rings. The summed E-state index contributed by atoms with van der Waals surface area (Å²) in [6, 6.07) is 15.6. The van der Waals surface area contributed by atoms with Crippen molar-refractivity contribution in [2.24, 2.45) is 0 Å². The molecular formula is C25H31N3O7S. The number of nitrogens with zero attached hydrogens (tertiary/aromatic N) is 1. The van der Waals surface area contributed by atoms with Gasteiger partial charge >= 0.3 is 22.5 Å². The molecular weight excluding hydrogens is 486 g/mol. The molecule has 0 unspecified atom stereocenters. The average molecular weight is 518 g/mol. The topological polar surface area (TPSA) is 123 Å². The Hall–Kier alpha value is -3.15. The van der Waals surface area contributed by atoms with E-state index in [1.807, 2.05) is 36.4 Å². The Kier molecular flexibility index (Phi) is 7.53. The summed E-state index contributed by atoms with van der Waals surface area (Å²) in [7, 11) is -4.04. The fourth-order valence-electron chi connectivity index (χ4n) is 4.22. The van der Waals surface area contributed by atoms with Gasteiger partial charge in [0.25, 0.3) is 0 Å². The fourth-order valence-corrected chi connectivity index (χ4v) is 5.15. The van der Waals surface area contributed by atoms with Gasteiger partial charge < -0.3 is 19.7 Å². The fraction of sp³-hybridized carbons (Fsp3) is 0.440. The largest absolute Gasteiger partial charge is 0.449 e. The number of likely N-dealkylation sites (tertiary alicyclic amines) is 1. The lowest BCUT2D eigenvalue weighted by Gasteiger charge is -2.39. The molecule has 11 heteroatoms. The maximum atomic E-state index is 12.2. The zero-order valence-electron chi connectivity index (χ0n) is 20.5. The molecule has 1 saturated heterocycles. The number of fused-ring (bicyclic) bond motifs is 3. The molecule has 1 heterocycles. The summed E-state index contributed by atoms with van der Waals surface area (Å²) in [5.74, 6) is -0.0632. The summed E-state index contributed by atoms with van der Waals surface area (Å²) in [5, 5.41) is 2.50. The highest BCUT2D eigenvalue weighted by molar-refractivity contribution is 7.84. The standard InChI is InChI=1S/C25H31N3O7S/c1-25(2,3)35-24(30)28-14-17(15-28)27-36(31,32)34-13-12-26-23(29)33-16-22-20-10-6-4-8-18(20)19-9-5-7-11-21(19)22/h4-11,17,22,27H,12-16H2,1-3H3,(H,26,29). The van der Waals surface area contributed by atoms with E-state index in [-0.39, 0.29) is 38.8 Å². The minimum atomic E-state index is -4.04. The van der Waals surface area contributed by atoms with Crippen LogP contribution in [0.3, 0.4) is 0 Å². The highest BCUT2D eigenvalue weighted by Crippen LogP contribution is 2.44. The molecule has 1 fully saturated rings. The molecule has 0 radical (unpaired) electrons. The van der Waals surface area contributed by atoms with Crippen LogP contribution in [0, 0.1) is 0 Å². The van der Waals surface area contributed by atoms with E-state index in [4.69, 9.17) is 13.7 Å². The Morgan fingerprint density at radius 3 is 2.17 bits per heavy atom. The van der Waals surface area contributed by atoms with Crippen LogP contribution < -0.4 is 10.0 Å². The molecule has 194 valence electrons. The number of alkyl carbamates (subject to hydrolysis) is 1. The number of hydrogen-bond donors (Lipinski definition) is 2. The number of ether oxygens (including phenoxy) is 2. The minimum Gasteiger partial charge on any atom is -0.449 e. The van der Waals surface area contributed by atoms with E-state index in [2.05, 4.69) is 22.2 Å². The van der Waals surface area contributed by atoms with E-state index < -0.39 is 34.1 Å². The first kappa shape index (κ1) is 25.9. The normalized spacial score (nSPS) is 15.6. The number of carbonyl (C=O) groups is 2. The lowest BCUT2D eigenvalue weighted by molar-refractivity contribution is 0.00705. The minimum absolute atomic E-state index is 0.0493. The quantitative estimate of drug-likeness (QED) is 0.516. The Labute approximate surface area is 211 Å². The maximum absolute atomic E-state index is 12.2. The Morgan fingerprint density at radius 2 is 1.58 bits per heavy atom. The number of benzene rings is 2. The van der Waals surface area contributed by atoms with Gasteiger partial charge in [-0.25, -0.2) is 9.59 Å². The molecule has 0 aromatic heterocycles. The first-order valence-electron chi connectivity index (χ1n) is 11.8. The van der Waals surface area contributed by atoms with Crippen molar-refractivity contribution in [3.63, 3.8) is 0 Å². The van der Waals surface area contributed by atoms with Crippen molar-refractivity contribution in [2.45, 2.75) is 38.3 Å². The summed E-state index contributed by atoms with van der Waals surface area (Å²) in [4.78, 5) is 25.5. The molecule has 1 aliphatic carbocycles. The summed E-state index contributed by atoms with van der Waals surface area (Å²) in [5.41, 5.74) is 3.86. The molecule has 2 aromatic carbocycles. The third-order valence-corrected chi connectivity index (χ3v) is 6.90. The Bertz CT molecular complexity index is 1170. The maximum Gasteiger partial charge on any atom is 0.410 e. The lowest BCUT2D eigenvalue weighted by Crippen LogP contribution is -2.61. The average Bonchev–Trinajstić information content (AvgIpc) is 3.10. The smallest absolute Gasteiger partial charge is 0.410 e. The van der Waals surface area contributed by atoms with Gasteiger partial charge in [0, 0.05) is 25.6 Å². The van der Waals surface area contributed by atoms with Crippen molar-refractivity contribution < 1.29 is 31.7 Å². The third kappa shape index (κ3) is 6.34. The van der Waals surface area contributed by atoms with Crippen LogP contribution in [0.25, 0.3) is 11.1 Å². The second-order valence-corrected chi connectivity index (χ2v) is 11.1. The SMILES string of the molecule is CC(C)(C)OC(=O)N1CC(NS(=O)(=O)OCCNC(=O)OCC2c3ccccc3-c3ccccc32)C1. The van der Waals surface area contributed by atoms with Crippen molar-refractivity contribution in [1.82, 2.24) is 14.9 Å². The third-order valence-electron chi connectivity index (χ3n) is 5.80. The summed E-state index contributed by atoms with van der Waals surface area (Å²) < 4.78 is 42.1. The lowest BCUT2D eigenvalue weighted by atomic mass is 9.98. The van der Waals surface area contributed by atoms with Crippen LogP contribution in [0.5, 0.6) is 0 Å². The monoisotopic (exact) mass is 517 g/mol. The van der Waals surface area contributed by atoms with Crippen LogP contribution >= 0.6 is 0 Å². The van der Waals surface area contributed by atoms with Crippen molar-refractivity contribution in [3.8, 4) is 11.1 Å². The van der Waals surface area contributed by atoms with E-state index >= 15 is 0 Å². The summed E-state index contributed by atoms with van der Waals surface area (Å²) in [6.07, 6.45) is -1.15. The van der Waals surface area contributed by atoms with Crippen molar-refractivity contribution >= 4 is 22.5 Å². The van der Waals surface area contributed by atoms with E-state index in [9.17, 15) is 18.0 Å². The molecule has 0 spiro atoms. The predicted molar refractivity (Wildman–Crippen MR) is 133 cm³/mol. The van der Waals surface area contributed by atoms with Crippen LogP contribution in [-0.4, -0.2) is 70.0 Å². The predicted octanol–water partition coefficient (Wildman–Crippen LogP) is 3.00. The van der Waals surface area contributed by atoms with Crippen molar-refractivity contribution in [2.75, 3.05) is 32.8 Å². The van der Waals surface area contributed by atoms with E-state index in [0.29, 0.717) is 0 Å². The van der Waals surface area contributed by atoms with Gasteiger partial charge in [-0.2, -0.15) is 13.1 Å². The molecule has 0 saturated carbocycles. The zero-order valence-corrected chi connectivity index (χ0v) is 21.3. The zero-order chi connectivity index (χ0) is 25.9. The van der Waals surface area contributed by atoms with Crippen LogP contribution in [0.15, 0.2) is 48.5 Å². The summed E-state index contributed by atoms with van der Waals surface area (Å²) in [6.45, 7) is 5.51. The highest BCUT2D eigenvalue weighted by atomic mass is 32.2. The highest BCUT2D eigenvalue weighted by Gasteiger charge is 2.36. The second kappa shape index (κ2) is 10.5. The molecule has 0 atom stereocenters. The number of carbonyl (C=O) groups excluding carboxylic acids is 2. The molecule has 10 nitrogen and oxygen atoms in total. The summed E-state index contributed by atoms with van der Waals surface area (Å²) >= 11 is 0. The van der Waals surface area contributed by atoms with E-state index in [0.717, 1.165) is 22.3 Å². The van der Waals surface area contributed by atoms with Crippen molar-refractivity contribution in [3.05, 3.63) is 59.7 Å². The van der Waals surface area contributed by atoms with Crippen molar-refractivity contribution in [1.29, 1.82) is 0 Å².